The lowest BCUT2D eigenvalue weighted by Gasteiger charge is -2.33. The number of allylic oxidation sites excluding steroid dienone is 1. The molecule has 1 aliphatic rings. The summed E-state index contributed by atoms with van der Waals surface area (Å²) in [5.74, 6) is -1.64. The number of hydrogen-bond acceptors (Lipinski definition) is 7. The summed E-state index contributed by atoms with van der Waals surface area (Å²) < 4.78 is 60.5. The van der Waals surface area contributed by atoms with Crippen LogP contribution in [0.3, 0.4) is 0 Å². The fourth-order valence-electron chi connectivity index (χ4n) is 3.93. The minimum absolute atomic E-state index is 0.00388. The van der Waals surface area contributed by atoms with E-state index in [1.165, 1.54) is 31.4 Å². The molecule has 33 heavy (non-hydrogen) atoms. The van der Waals surface area contributed by atoms with Gasteiger partial charge in [-0.05, 0) is 29.8 Å². The monoisotopic (exact) mass is 482 g/mol. The van der Waals surface area contributed by atoms with E-state index in [1.807, 2.05) is 0 Å². The van der Waals surface area contributed by atoms with Crippen LogP contribution in [-0.2, 0) is 24.4 Å². The van der Waals surface area contributed by atoms with Crippen molar-refractivity contribution < 1.29 is 21.6 Å². The molecule has 9 heteroatoms. The molecule has 3 aromatic rings. The Morgan fingerprint density at radius 3 is 1.76 bits per heavy atom. The quantitative estimate of drug-likeness (QED) is 0.597. The Bertz CT molecular complexity index is 1420. The number of ether oxygens (including phenoxy) is 1. The third kappa shape index (κ3) is 4.05. The molecule has 0 unspecified atom stereocenters. The van der Waals surface area contributed by atoms with Crippen LogP contribution in [0.1, 0.15) is 11.5 Å². The molecular formula is C24H22N2O5S2. The zero-order valence-electron chi connectivity index (χ0n) is 17.7. The van der Waals surface area contributed by atoms with E-state index in [0.717, 1.165) is 0 Å². The molecule has 0 fully saturated rings. The maximum absolute atomic E-state index is 13.8. The predicted molar refractivity (Wildman–Crippen MR) is 126 cm³/mol. The molecule has 0 aliphatic carbocycles. The number of methoxy groups -OCH3 is 1. The van der Waals surface area contributed by atoms with Crippen molar-refractivity contribution >= 4 is 25.6 Å². The molecule has 0 aromatic heterocycles. The molecule has 1 heterocycles. The SMILES string of the molecule is COC1=NC(N)=C(S(=O)(=O)c2ccccc2)[C@H](c2ccccc2)[C@H]1S(=O)(=O)c1ccccc1. The van der Waals surface area contributed by atoms with Gasteiger partial charge >= 0.3 is 0 Å². The lowest BCUT2D eigenvalue weighted by Crippen LogP contribution is -2.43. The first-order chi connectivity index (χ1) is 15.8. The highest BCUT2D eigenvalue weighted by Crippen LogP contribution is 2.43. The molecule has 0 amide bonds. The van der Waals surface area contributed by atoms with Crippen LogP contribution in [0.5, 0.6) is 0 Å². The summed E-state index contributed by atoms with van der Waals surface area (Å²) in [7, 11) is -7.03. The van der Waals surface area contributed by atoms with Gasteiger partial charge in [-0.3, -0.25) is 0 Å². The van der Waals surface area contributed by atoms with Gasteiger partial charge in [-0.25, -0.2) is 16.8 Å². The van der Waals surface area contributed by atoms with E-state index in [2.05, 4.69) is 4.99 Å². The predicted octanol–water partition coefficient (Wildman–Crippen LogP) is 3.27. The van der Waals surface area contributed by atoms with E-state index >= 15 is 0 Å². The van der Waals surface area contributed by atoms with Crippen LogP contribution < -0.4 is 5.73 Å². The Morgan fingerprint density at radius 2 is 1.24 bits per heavy atom. The van der Waals surface area contributed by atoms with E-state index < -0.39 is 30.8 Å². The molecule has 0 spiro atoms. The van der Waals surface area contributed by atoms with Crippen molar-refractivity contribution in [3.8, 4) is 0 Å². The van der Waals surface area contributed by atoms with Crippen LogP contribution in [0.25, 0.3) is 0 Å². The summed E-state index contributed by atoms with van der Waals surface area (Å²) in [5.41, 5.74) is 6.64. The molecule has 2 N–H and O–H groups in total. The highest BCUT2D eigenvalue weighted by atomic mass is 32.2. The number of nitrogens with two attached hydrogens (primary N) is 1. The van der Waals surface area contributed by atoms with Crippen molar-refractivity contribution in [3.63, 3.8) is 0 Å². The minimum Gasteiger partial charge on any atom is -0.483 e. The van der Waals surface area contributed by atoms with E-state index in [4.69, 9.17) is 10.5 Å². The fourth-order valence-corrected chi connectivity index (χ4v) is 7.60. The van der Waals surface area contributed by atoms with E-state index in [9.17, 15) is 16.8 Å². The Labute approximate surface area is 193 Å². The Morgan fingerprint density at radius 1 is 0.758 bits per heavy atom. The smallest absolute Gasteiger partial charge is 0.209 e. The van der Waals surface area contributed by atoms with E-state index in [-0.39, 0.29) is 26.4 Å². The highest BCUT2D eigenvalue weighted by Gasteiger charge is 2.49. The Hall–Kier alpha value is -3.43. The van der Waals surface area contributed by atoms with Gasteiger partial charge < -0.3 is 10.5 Å². The third-order valence-corrected chi connectivity index (χ3v) is 9.44. The van der Waals surface area contributed by atoms with Gasteiger partial charge in [-0.2, -0.15) is 4.99 Å². The molecule has 0 bridgehead atoms. The standard InChI is InChI=1S/C24H22N2O5S2/c1-31-24-22(33(29,30)19-15-9-4-10-16-19)20(17-11-5-2-6-12-17)21(23(25)26-24)32(27,28)18-13-7-3-8-14-18/h2-16,20,22H,25H2,1H3/t20-,22+/m0/s1. The van der Waals surface area contributed by atoms with Crippen LogP contribution in [0.2, 0.25) is 0 Å². The first-order valence-corrected chi connectivity index (χ1v) is 13.1. The van der Waals surface area contributed by atoms with E-state index in [0.29, 0.717) is 5.56 Å². The molecule has 2 atom stereocenters. The Kier molecular flexibility index (Phi) is 6.09. The van der Waals surface area contributed by atoms with Gasteiger partial charge in [0, 0.05) is 0 Å². The average molecular weight is 483 g/mol. The van der Waals surface area contributed by atoms with Crippen molar-refractivity contribution in [3.05, 3.63) is 107 Å². The van der Waals surface area contributed by atoms with Crippen molar-refractivity contribution in [2.24, 2.45) is 10.7 Å². The molecule has 0 radical (unpaired) electrons. The van der Waals surface area contributed by atoms with E-state index in [1.54, 1.807) is 66.7 Å². The van der Waals surface area contributed by atoms with Crippen molar-refractivity contribution in [1.82, 2.24) is 0 Å². The third-order valence-electron chi connectivity index (χ3n) is 5.43. The highest BCUT2D eigenvalue weighted by molar-refractivity contribution is 7.95. The summed E-state index contributed by atoms with van der Waals surface area (Å²) in [6, 6.07) is 24.1. The summed E-state index contributed by atoms with van der Waals surface area (Å²) >= 11 is 0. The first-order valence-electron chi connectivity index (χ1n) is 10.0. The van der Waals surface area contributed by atoms with Gasteiger partial charge in [0.25, 0.3) is 0 Å². The second kappa shape index (κ2) is 8.84. The molecular weight excluding hydrogens is 460 g/mol. The number of aliphatic imine (C=N–C) groups is 1. The second-order valence-corrected chi connectivity index (χ2v) is 11.4. The lowest BCUT2D eigenvalue weighted by molar-refractivity contribution is 0.383. The normalized spacial score (nSPS) is 19.1. The molecule has 170 valence electrons. The number of hydrogen-bond donors (Lipinski definition) is 1. The topological polar surface area (TPSA) is 116 Å². The number of nitrogens with zero attached hydrogens (tertiary/aromatic N) is 1. The van der Waals surface area contributed by atoms with Crippen LogP contribution in [-0.4, -0.2) is 35.1 Å². The van der Waals surface area contributed by atoms with Gasteiger partial charge in [-0.15, -0.1) is 0 Å². The van der Waals surface area contributed by atoms with Gasteiger partial charge in [0.05, 0.1) is 22.8 Å². The minimum atomic E-state index is -4.19. The van der Waals surface area contributed by atoms with Crippen molar-refractivity contribution in [2.75, 3.05) is 7.11 Å². The van der Waals surface area contributed by atoms with Crippen LogP contribution >= 0.6 is 0 Å². The molecule has 4 rings (SSSR count). The zero-order valence-corrected chi connectivity index (χ0v) is 19.3. The molecule has 7 nitrogen and oxygen atoms in total. The molecule has 1 aliphatic heterocycles. The number of rotatable bonds is 5. The van der Waals surface area contributed by atoms with Gasteiger partial charge in [0.2, 0.25) is 15.7 Å². The average Bonchev–Trinajstić information content (AvgIpc) is 2.84. The summed E-state index contributed by atoms with van der Waals surface area (Å²) in [6.07, 6.45) is 0. The summed E-state index contributed by atoms with van der Waals surface area (Å²) in [6.45, 7) is 0. The molecule has 0 saturated heterocycles. The summed E-state index contributed by atoms with van der Waals surface area (Å²) in [5, 5.41) is -1.44. The molecule has 0 saturated carbocycles. The van der Waals surface area contributed by atoms with Gasteiger partial charge in [0.15, 0.2) is 15.1 Å². The zero-order chi connectivity index (χ0) is 23.6. The lowest BCUT2D eigenvalue weighted by atomic mass is 9.93. The fraction of sp³-hybridized carbons (Fsp3) is 0.125. The van der Waals surface area contributed by atoms with Gasteiger partial charge in [-0.1, -0.05) is 66.7 Å². The van der Waals surface area contributed by atoms with Crippen LogP contribution in [0.4, 0.5) is 0 Å². The van der Waals surface area contributed by atoms with Gasteiger partial charge in [0.1, 0.15) is 10.7 Å². The largest absolute Gasteiger partial charge is 0.483 e. The Balaban J connectivity index is 2.03. The number of sulfone groups is 2. The first kappa shape index (κ1) is 22.8. The molecule has 3 aromatic carbocycles. The van der Waals surface area contributed by atoms with Crippen LogP contribution in [0.15, 0.2) is 117 Å². The van der Waals surface area contributed by atoms with Crippen molar-refractivity contribution in [2.45, 2.75) is 21.0 Å². The maximum atomic E-state index is 13.8. The second-order valence-electron chi connectivity index (χ2n) is 7.39. The summed E-state index contributed by atoms with van der Waals surface area (Å²) in [4.78, 5) is 3.87. The van der Waals surface area contributed by atoms with Crippen LogP contribution in [0, 0.1) is 0 Å². The maximum Gasteiger partial charge on any atom is 0.209 e. The van der Waals surface area contributed by atoms with Crippen molar-refractivity contribution in [1.29, 1.82) is 0 Å². The number of benzene rings is 3.